The van der Waals surface area contributed by atoms with E-state index < -0.39 is 17.5 Å². The number of aromatic nitrogens is 2. The highest BCUT2D eigenvalue weighted by Crippen LogP contribution is 2.32. The maximum atomic E-state index is 13.8. The van der Waals surface area contributed by atoms with E-state index >= 15 is 0 Å². The van der Waals surface area contributed by atoms with E-state index in [0.717, 1.165) is 24.8 Å². The zero-order valence-electron chi connectivity index (χ0n) is 11.3. The summed E-state index contributed by atoms with van der Waals surface area (Å²) in [5.41, 5.74) is 0.312. The Morgan fingerprint density at radius 2 is 1.90 bits per heavy atom. The van der Waals surface area contributed by atoms with Crippen molar-refractivity contribution < 1.29 is 23.0 Å². The van der Waals surface area contributed by atoms with Crippen molar-refractivity contribution in [1.29, 1.82) is 0 Å². The molecule has 0 saturated heterocycles. The third-order valence-electron chi connectivity index (χ3n) is 2.60. The van der Waals surface area contributed by atoms with Gasteiger partial charge in [0, 0.05) is 18.0 Å². The molecule has 0 radical (unpaired) electrons. The first-order chi connectivity index (χ1) is 9.93. The van der Waals surface area contributed by atoms with Crippen LogP contribution < -0.4 is 4.74 Å². The fourth-order valence-electron chi connectivity index (χ4n) is 1.54. The minimum atomic E-state index is -3.75. The summed E-state index contributed by atoms with van der Waals surface area (Å²) >= 11 is 0. The number of benzene rings is 1. The molecular formula is C14H12F2N2O3. The number of carbonyl (C=O) groups excluding carboxylic acids is 1. The smallest absolute Gasteiger partial charge is 0.381 e. The second-order valence-corrected chi connectivity index (χ2v) is 4.24. The van der Waals surface area contributed by atoms with Gasteiger partial charge in [0.15, 0.2) is 0 Å². The van der Waals surface area contributed by atoms with Gasteiger partial charge in [0.05, 0.1) is 7.11 Å². The summed E-state index contributed by atoms with van der Waals surface area (Å²) in [6.45, 7) is 1.81. The summed E-state index contributed by atoms with van der Waals surface area (Å²) in [6, 6.07) is 4.98. The number of nitrogens with zero attached hydrogens (tertiary/aromatic N) is 2. The molecule has 1 heterocycles. The summed E-state index contributed by atoms with van der Waals surface area (Å²) < 4.78 is 36.9. The standard InChI is InChI=1S/C14H12F2N2O3/c1-9-7-17-13(18-8-9)21-11-5-3-4-10(6-11)14(15,16)12(19)20-2/h3-8H,1-2H3. The summed E-state index contributed by atoms with van der Waals surface area (Å²) in [5, 5.41) is 0. The van der Waals surface area contributed by atoms with Crippen molar-refractivity contribution in [3.63, 3.8) is 0 Å². The molecule has 0 unspecified atom stereocenters. The van der Waals surface area contributed by atoms with Crippen molar-refractivity contribution in [3.05, 3.63) is 47.8 Å². The van der Waals surface area contributed by atoms with Crippen LogP contribution in [0.2, 0.25) is 0 Å². The zero-order valence-corrected chi connectivity index (χ0v) is 11.3. The number of rotatable bonds is 4. The average Bonchev–Trinajstić information content (AvgIpc) is 2.49. The molecule has 7 heteroatoms. The summed E-state index contributed by atoms with van der Waals surface area (Å²) in [5.74, 6) is -5.28. The number of halogens is 2. The second kappa shape index (κ2) is 5.82. The van der Waals surface area contributed by atoms with Gasteiger partial charge in [-0.3, -0.25) is 0 Å². The van der Waals surface area contributed by atoms with Crippen LogP contribution in [0.1, 0.15) is 11.1 Å². The fourth-order valence-corrected chi connectivity index (χ4v) is 1.54. The highest BCUT2D eigenvalue weighted by molar-refractivity contribution is 5.79. The lowest BCUT2D eigenvalue weighted by molar-refractivity contribution is -0.170. The molecule has 1 aromatic carbocycles. The minimum absolute atomic E-state index is 0.0270. The van der Waals surface area contributed by atoms with Crippen molar-refractivity contribution in [1.82, 2.24) is 9.97 Å². The van der Waals surface area contributed by atoms with E-state index in [9.17, 15) is 13.6 Å². The molecule has 110 valence electrons. The Morgan fingerprint density at radius 1 is 1.24 bits per heavy atom. The van der Waals surface area contributed by atoms with Gasteiger partial charge in [0.2, 0.25) is 0 Å². The monoisotopic (exact) mass is 294 g/mol. The lowest BCUT2D eigenvalue weighted by atomic mass is 10.1. The van der Waals surface area contributed by atoms with Crippen LogP contribution in [0.15, 0.2) is 36.7 Å². The molecule has 1 aromatic heterocycles. The second-order valence-electron chi connectivity index (χ2n) is 4.24. The van der Waals surface area contributed by atoms with Crippen LogP contribution in [-0.2, 0) is 15.5 Å². The Labute approximate surface area is 119 Å². The fraction of sp³-hybridized carbons (Fsp3) is 0.214. The summed E-state index contributed by atoms with van der Waals surface area (Å²) in [4.78, 5) is 18.9. The van der Waals surface area contributed by atoms with E-state index in [1.165, 1.54) is 24.5 Å². The molecule has 0 amide bonds. The predicted octanol–water partition coefficient (Wildman–Crippen LogP) is 2.84. The molecule has 0 N–H and O–H groups in total. The third-order valence-corrected chi connectivity index (χ3v) is 2.60. The highest BCUT2D eigenvalue weighted by Gasteiger charge is 2.42. The molecular weight excluding hydrogens is 282 g/mol. The molecule has 0 bridgehead atoms. The molecule has 2 aromatic rings. The number of esters is 1. The quantitative estimate of drug-likeness (QED) is 0.811. The van der Waals surface area contributed by atoms with Gasteiger partial charge in [-0.05, 0) is 24.6 Å². The van der Waals surface area contributed by atoms with Crippen molar-refractivity contribution in [3.8, 4) is 11.8 Å². The van der Waals surface area contributed by atoms with E-state index in [1.54, 1.807) is 6.92 Å². The van der Waals surface area contributed by atoms with Gasteiger partial charge in [-0.15, -0.1) is 0 Å². The first-order valence-electron chi connectivity index (χ1n) is 5.97. The van der Waals surface area contributed by atoms with Crippen molar-refractivity contribution in [2.75, 3.05) is 7.11 Å². The first-order valence-corrected chi connectivity index (χ1v) is 5.97. The Balaban J connectivity index is 2.25. The van der Waals surface area contributed by atoms with Crippen LogP contribution in [0.25, 0.3) is 0 Å². The van der Waals surface area contributed by atoms with Gasteiger partial charge in [-0.1, -0.05) is 12.1 Å². The third kappa shape index (κ3) is 3.31. The van der Waals surface area contributed by atoms with Crippen LogP contribution in [0.5, 0.6) is 11.8 Å². The molecule has 0 atom stereocenters. The first kappa shape index (κ1) is 14.8. The summed E-state index contributed by atoms with van der Waals surface area (Å²) in [7, 11) is 0.900. The molecule has 0 aliphatic carbocycles. The largest absolute Gasteiger partial charge is 0.464 e. The van der Waals surface area contributed by atoms with E-state index in [1.807, 2.05) is 0 Å². The summed E-state index contributed by atoms with van der Waals surface area (Å²) in [6.07, 6.45) is 3.07. The van der Waals surface area contributed by atoms with Crippen molar-refractivity contribution in [2.45, 2.75) is 12.8 Å². The number of hydrogen-bond acceptors (Lipinski definition) is 5. The average molecular weight is 294 g/mol. The van der Waals surface area contributed by atoms with Gasteiger partial charge >= 0.3 is 17.9 Å². The van der Waals surface area contributed by atoms with E-state index in [4.69, 9.17) is 4.74 Å². The zero-order chi connectivity index (χ0) is 15.5. The maximum absolute atomic E-state index is 13.8. The van der Waals surface area contributed by atoms with Gasteiger partial charge in [0.1, 0.15) is 5.75 Å². The van der Waals surface area contributed by atoms with Crippen LogP contribution in [-0.4, -0.2) is 23.0 Å². The highest BCUT2D eigenvalue weighted by atomic mass is 19.3. The van der Waals surface area contributed by atoms with Crippen LogP contribution >= 0.6 is 0 Å². The number of hydrogen-bond donors (Lipinski definition) is 0. The topological polar surface area (TPSA) is 61.3 Å². The number of ether oxygens (including phenoxy) is 2. The predicted molar refractivity (Wildman–Crippen MR) is 69.2 cm³/mol. The van der Waals surface area contributed by atoms with Gasteiger partial charge < -0.3 is 9.47 Å². The molecule has 5 nitrogen and oxygen atoms in total. The number of aryl methyl sites for hydroxylation is 1. The van der Waals surface area contributed by atoms with E-state index in [-0.39, 0.29) is 11.8 Å². The molecule has 2 rings (SSSR count). The molecule has 0 saturated carbocycles. The molecule has 0 spiro atoms. The van der Waals surface area contributed by atoms with Crippen molar-refractivity contribution in [2.24, 2.45) is 0 Å². The molecule has 0 aliphatic rings. The maximum Gasteiger partial charge on any atom is 0.381 e. The number of alkyl halides is 2. The van der Waals surface area contributed by atoms with Crippen molar-refractivity contribution >= 4 is 5.97 Å². The Kier molecular flexibility index (Phi) is 4.11. The number of methoxy groups -OCH3 is 1. The van der Waals surface area contributed by atoms with Gasteiger partial charge in [0.25, 0.3) is 0 Å². The Bertz CT molecular complexity index is 645. The van der Waals surface area contributed by atoms with Crippen LogP contribution in [0.3, 0.4) is 0 Å². The van der Waals surface area contributed by atoms with Crippen LogP contribution in [0, 0.1) is 6.92 Å². The Morgan fingerprint density at radius 3 is 2.52 bits per heavy atom. The molecule has 0 aliphatic heterocycles. The number of carbonyl (C=O) groups is 1. The van der Waals surface area contributed by atoms with Crippen LogP contribution in [0.4, 0.5) is 8.78 Å². The molecule has 21 heavy (non-hydrogen) atoms. The van der Waals surface area contributed by atoms with Gasteiger partial charge in [-0.25, -0.2) is 14.8 Å². The van der Waals surface area contributed by atoms with E-state index in [2.05, 4.69) is 14.7 Å². The SMILES string of the molecule is COC(=O)C(F)(F)c1cccc(Oc2ncc(C)cn2)c1. The minimum Gasteiger partial charge on any atom is -0.464 e. The lowest BCUT2D eigenvalue weighted by Gasteiger charge is -2.14. The lowest BCUT2D eigenvalue weighted by Crippen LogP contribution is -2.27. The van der Waals surface area contributed by atoms with Gasteiger partial charge in [-0.2, -0.15) is 8.78 Å². The molecule has 0 fully saturated rings. The normalized spacial score (nSPS) is 11.0. The van der Waals surface area contributed by atoms with E-state index in [0.29, 0.717) is 0 Å². The Hall–Kier alpha value is -2.57.